The van der Waals surface area contributed by atoms with Crippen LogP contribution in [-0.2, 0) is 13.5 Å². The maximum absolute atomic E-state index is 12.4. The molecule has 0 aliphatic heterocycles. The fraction of sp³-hybridized carbons (Fsp3) is 0.250. The zero-order valence-corrected chi connectivity index (χ0v) is 13.2. The molecule has 118 valence electrons. The molecule has 1 amide bonds. The van der Waals surface area contributed by atoms with E-state index in [2.05, 4.69) is 20.4 Å². The van der Waals surface area contributed by atoms with Gasteiger partial charge >= 0.3 is 0 Å². The second-order valence-corrected chi connectivity index (χ2v) is 5.06. The third-order valence-electron chi connectivity index (χ3n) is 3.57. The molecule has 1 N–H and O–H groups in total. The molecule has 3 aromatic rings. The van der Waals surface area contributed by atoms with Crippen molar-refractivity contribution >= 4 is 22.6 Å². The van der Waals surface area contributed by atoms with Crippen molar-refractivity contribution in [3.8, 4) is 5.88 Å². The molecule has 0 saturated heterocycles. The van der Waals surface area contributed by atoms with Gasteiger partial charge in [0.15, 0.2) is 5.65 Å². The SMILES string of the molecule is CCc1nc(OC)ccc1NC(=O)c1cnc2c(cnn2C)c1. The van der Waals surface area contributed by atoms with E-state index in [1.54, 1.807) is 42.4 Å². The molecule has 0 atom stereocenters. The van der Waals surface area contributed by atoms with Crippen molar-refractivity contribution in [1.29, 1.82) is 0 Å². The van der Waals surface area contributed by atoms with E-state index in [0.717, 1.165) is 16.7 Å². The van der Waals surface area contributed by atoms with Crippen LogP contribution in [0.5, 0.6) is 5.88 Å². The van der Waals surface area contributed by atoms with Crippen LogP contribution in [0.4, 0.5) is 5.69 Å². The summed E-state index contributed by atoms with van der Waals surface area (Å²) in [6.07, 6.45) is 3.92. The van der Waals surface area contributed by atoms with Crippen LogP contribution < -0.4 is 10.1 Å². The lowest BCUT2D eigenvalue weighted by atomic mass is 10.2. The number of ether oxygens (including phenoxy) is 1. The summed E-state index contributed by atoms with van der Waals surface area (Å²) < 4.78 is 6.77. The van der Waals surface area contributed by atoms with Crippen molar-refractivity contribution in [1.82, 2.24) is 19.7 Å². The van der Waals surface area contributed by atoms with Gasteiger partial charge < -0.3 is 10.1 Å². The fourth-order valence-electron chi connectivity index (χ4n) is 2.34. The second-order valence-electron chi connectivity index (χ2n) is 5.06. The lowest BCUT2D eigenvalue weighted by Gasteiger charge is -2.10. The van der Waals surface area contributed by atoms with Crippen molar-refractivity contribution in [2.45, 2.75) is 13.3 Å². The lowest BCUT2D eigenvalue weighted by molar-refractivity contribution is 0.102. The van der Waals surface area contributed by atoms with Crippen molar-refractivity contribution in [3.63, 3.8) is 0 Å². The van der Waals surface area contributed by atoms with Gasteiger partial charge in [-0.1, -0.05) is 6.92 Å². The molecule has 0 bridgehead atoms. The molecule has 23 heavy (non-hydrogen) atoms. The summed E-state index contributed by atoms with van der Waals surface area (Å²) in [5.74, 6) is 0.295. The molecule has 0 unspecified atom stereocenters. The van der Waals surface area contributed by atoms with Gasteiger partial charge in [-0.2, -0.15) is 5.10 Å². The van der Waals surface area contributed by atoms with E-state index < -0.39 is 0 Å². The first-order chi connectivity index (χ1) is 11.1. The van der Waals surface area contributed by atoms with Gasteiger partial charge in [-0.25, -0.2) is 9.97 Å². The van der Waals surface area contributed by atoms with Crippen molar-refractivity contribution in [2.24, 2.45) is 7.05 Å². The standard InChI is InChI=1S/C16H17N5O2/c1-4-12-13(5-6-14(19-12)23-3)20-16(22)11-7-10-9-18-21(2)15(10)17-8-11/h5-9H,4H2,1-3H3,(H,20,22). The Balaban J connectivity index is 1.88. The number of aromatic nitrogens is 4. The maximum atomic E-state index is 12.4. The molecule has 0 aliphatic carbocycles. The maximum Gasteiger partial charge on any atom is 0.257 e. The van der Waals surface area contributed by atoms with Gasteiger partial charge in [0.25, 0.3) is 5.91 Å². The number of hydrogen-bond donors (Lipinski definition) is 1. The first-order valence-electron chi connectivity index (χ1n) is 7.25. The van der Waals surface area contributed by atoms with Gasteiger partial charge in [0.1, 0.15) is 0 Å². The summed E-state index contributed by atoms with van der Waals surface area (Å²) in [6.45, 7) is 1.97. The van der Waals surface area contributed by atoms with Crippen LogP contribution >= 0.6 is 0 Å². The third-order valence-corrected chi connectivity index (χ3v) is 3.57. The van der Waals surface area contributed by atoms with E-state index in [0.29, 0.717) is 23.6 Å². The van der Waals surface area contributed by atoms with Crippen LogP contribution in [0.2, 0.25) is 0 Å². The average molecular weight is 311 g/mol. The Bertz CT molecular complexity index is 872. The molecule has 0 spiro atoms. The highest BCUT2D eigenvalue weighted by atomic mass is 16.5. The number of amides is 1. The highest BCUT2D eigenvalue weighted by molar-refractivity contribution is 6.05. The predicted octanol–water partition coefficient (Wildman–Crippen LogP) is 2.19. The third kappa shape index (κ3) is 2.85. The van der Waals surface area contributed by atoms with Crippen molar-refractivity contribution < 1.29 is 9.53 Å². The molecule has 3 rings (SSSR count). The number of methoxy groups -OCH3 is 1. The van der Waals surface area contributed by atoms with Gasteiger partial charge in [-0.15, -0.1) is 0 Å². The van der Waals surface area contributed by atoms with Crippen LogP contribution in [0.15, 0.2) is 30.6 Å². The van der Waals surface area contributed by atoms with Crippen molar-refractivity contribution in [3.05, 3.63) is 41.9 Å². The smallest absolute Gasteiger partial charge is 0.257 e. The summed E-state index contributed by atoms with van der Waals surface area (Å²) in [6, 6.07) is 5.28. The van der Waals surface area contributed by atoms with E-state index in [-0.39, 0.29) is 5.91 Å². The van der Waals surface area contributed by atoms with Gasteiger partial charge in [-0.3, -0.25) is 9.48 Å². The Labute approximate surface area is 133 Å². The summed E-state index contributed by atoms with van der Waals surface area (Å²) in [4.78, 5) is 21.1. The number of pyridine rings is 2. The molecule has 7 heteroatoms. The van der Waals surface area contributed by atoms with E-state index in [1.165, 1.54) is 0 Å². The minimum absolute atomic E-state index is 0.232. The number of nitrogens with one attached hydrogen (secondary N) is 1. The number of nitrogens with zero attached hydrogens (tertiary/aromatic N) is 4. The summed E-state index contributed by atoms with van der Waals surface area (Å²) in [5, 5.41) is 7.82. The number of anilines is 1. The summed E-state index contributed by atoms with van der Waals surface area (Å²) in [7, 11) is 3.38. The number of rotatable bonds is 4. The van der Waals surface area contributed by atoms with E-state index >= 15 is 0 Å². The Morgan fingerprint density at radius 3 is 2.91 bits per heavy atom. The minimum atomic E-state index is -0.232. The molecule has 0 fully saturated rings. The molecule has 0 aliphatic rings. The van der Waals surface area contributed by atoms with Gasteiger partial charge in [0, 0.05) is 24.7 Å². The second kappa shape index (κ2) is 6.04. The monoisotopic (exact) mass is 311 g/mol. The highest BCUT2D eigenvalue weighted by Gasteiger charge is 2.12. The minimum Gasteiger partial charge on any atom is -0.481 e. The molecular formula is C16H17N5O2. The van der Waals surface area contributed by atoms with Crippen LogP contribution in [0, 0.1) is 0 Å². The summed E-state index contributed by atoms with van der Waals surface area (Å²) >= 11 is 0. The molecule has 3 aromatic heterocycles. The van der Waals surface area contributed by atoms with E-state index in [9.17, 15) is 4.79 Å². The fourth-order valence-corrected chi connectivity index (χ4v) is 2.34. The lowest BCUT2D eigenvalue weighted by Crippen LogP contribution is -2.14. The molecule has 7 nitrogen and oxygen atoms in total. The van der Waals surface area contributed by atoms with E-state index in [4.69, 9.17) is 4.74 Å². The van der Waals surface area contributed by atoms with Gasteiger partial charge in [0.2, 0.25) is 5.88 Å². The quantitative estimate of drug-likeness (QED) is 0.798. The van der Waals surface area contributed by atoms with Gasteiger partial charge in [0.05, 0.1) is 30.3 Å². The molecule has 3 heterocycles. The van der Waals surface area contributed by atoms with Crippen LogP contribution in [0.1, 0.15) is 23.0 Å². The molecular weight excluding hydrogens is 294 g/mol. The topological polar surface area (TPSA) is 81.9 Å². The normalized spacial score (nSPS) is 10.7. The Kier molecular flexibility index (Phi) is 3.92. The Hall–Kier alpha value is -2.96. The zero-order chi connectivity index (χ0) is 16.4. The number of aryl methyl sites for hydroxylation is 2. The Morgan fingerprint density at radius 2 is 2.17 bits per heavy atom. The van der Waals surface area contributed by atoms with Crippen LogP contribution in [-0.4, -0.2) is 32.8 Å². The van der Waals surface area contributed by atoms with Crippen molar-refractivity contribution in [2.75, 3.05) is 12.4 Å². The molecule has 0 aromatic carbocycles. The first kappa shape index (κ1) is 15.0. The predicted molar refractivity (Wildman–Crippen MR) is 86.6 cm³/mol. The van der Waals surface area contributed by atoms with Crippen LogP contribution in [0.3, 0.4) is 0 Å². The Morgan fingerprint density at radius 1 is 1.35 bits per heavy atom. The number of hydrogen-bond acceptors (Lipinski definition) is 5. The average Bonchev–Trinajstić information content (AvgIpc) is 2.95. The highest BCUT2D eigenvalue weighted by Crippen LogP contribution is 2.20. The first-order valence-corrected chi connectivity index (χ1v) is 7.25. The van der Waals surface area contributed by atoms with Crippen LogP contribution in [0.25, 0.3) is 11.0 Å². The number of carbonyl (C=O) groups excluding carboxylic acids is 1. The number of fused-ring (bicyclic) bond motifs is 1. The summed E-state index contributed by atoms with van der Waals surface area (Å²) in [5.41, 5.74) is 2.66. The zero-order valence-electron chi connectivity index (χ0n) is 13.2. The molecule has 0 radical (unpaired) electrons. The largest absolute Gasteiger partial charge is 0.481 e. The van der Waals surface area contributed by atoms with Gasteiger partial charge in [-0.05, 0) is 18.6 Å². The molecule has 0 saturated carbocycles. The number of carbonyl (C=O) groups is 1. The van der Waals surface area contributed by atoms with E-state index in [1.807, 2.05) is 14.0 Å².